The number of rotatable bonds is 6. The Bertz CT molecular complexity index is 1340. The maximum absolute atomic E-state index is 13.1. The van der Waals surface area contributed by atoms with Crippen molar-refractivity contribution in [2.24, 2.45) is 0 Å². The predicted molar refractivity (Wildman–Crippen MR) is 138 cm³/mol. The highest BCUT2D eigenvalue weighted by Gasteiger charge is 2.49. The molecule has 35 heavy (non-hydrogen) atoms. The summed E-state index contributed by atoms with van der Waals surface area (Å²) in [5.74, 6) is -0.732. The fraction of sp³-hybridized carbons (Fsp3) is 0.250. The Kier molecular flexibility index (Phi) is 7.46. The molecule has 1 aliphatic rings. The van der Waals surface area contributed by atoms with Crippen LogP contribution >= 0.6 is 22.9 Å². The minimum atomic E-state index is -3.60. The number of carbonyl (C=O) groups excluding carboxylic acids is 2. The minimum absolute atomic E-state index is 0.00107. The number of hydrogen-bond acceptors (Lipinski definition) is 6. The predicted octanol–water partition coefficient (Wildman–Crippen LogP) is 5.40. The zero-order valence-corrected chi connectivity index (χ0v) is 21.0. The standard InChI is InChI=1S/C24H24ClN3O5S2/c25-17-6-8-18(9-7-17)26-23(30)27-19-5-3-4-16(14-19)20-10-11-21(34-20)24(15-22(29)28-31)12-1-2-13-35(24,32)33/h3-11,14,31H,1-2,12-13,15H2,(H,28,29)(H2,26,27,30)/t24-/m0/s1. The second kappa shape index (κ2) is 10.4. The zero-order chi connectivity index (χ0) is 25.1. The molecule has 3 amide bonds. The lowest BCUT2D eigenvalue weighted by Crippen LogP contribution is -2.43. The van der Waals surface area contributed by atoms with E-state index in [-0.39, 0.29) is 12.2 Å². The summed E-state index contributed by atoms with van der Waals surface area (Å²) in [6.07, 6.45) is 1.20. The summed E-state index contributed by atoms with van der Waals surface area (Å²) in [6, 6.07) is 17.1. The maximum Gasteiger partial charge on any atom is 0.323 e. The molecule has 11 heteroatoms. The van der Waals surface area contributed by atoms with Crippen LogP contribution in [0.3, 0.4) is 0 Å². The minimum Gasteiger partial charge on any atom is -0.308 e. The molecule has 1 aliphatic heterocycles. The van der Waals surface area contributed by atoms with E-state index in [1.54, 1.807) is 54.0 Å². The Morgan fingerprint density at radius 1 is 1.00 bits per heavy atom. The number of amides is 3. The molecule has 2 heterocycles. The number of nitrogens with one attached hydrogen (secondary N) is 3. The number of urea groups is 1. The van der Waals surface area contributed by atoms with Crippen LogP contribution in [0, 0.1) is 0 Å². The van der Waals surface area contributed by atoms with Crippen LogP contribution in [0.15, 0.2) is 60.7 Å². The number of benzene rings is 2. The van der Waals surface area contributed by atoms with Gasteiger partial charge < -0.3 is 10.6 Å². The summed E-state index contributed by atoms with van der Waals surface area (Å²) >= 11 is 7.17. The van der Waals surface area contributed by atoms with E-state index in [4.69, 9.17) is 16.8 Å². The van der Waals surface area contributed by atoms with Crippen molar-refractivity contribution in [2.45, 2.75) is 30.4 Å². The summed E-state index contributed by atoms with van der Waals surface area (Å²) in [7, 11) is -3.60. The second-order valence-corrected chi connectivity index (χ2v) is 12.3. The average molecular weight is 534 g/mol. The van der Waals surface area contributed by atoms with Crippen molar-refractivity contribution in [3.8, 4) is 10.4 Å². The number of hydrogen-bond donors (Lipinski definition) is 4. The van der Waals surface area contributed by atoms with E-state index >= 15 is 0 Å². The van der Waals surface area contributed by atoms with Crippen LogP contribution in [0.5, 0.6) is 0 Å². The Morgan fingerprint density at radius 3 is 2.46 bits per heavy atom. The summed E-state index contributed by atoms with van der Waals surface area (Å²) in [4.78, 5) is 25.8. The smallest absolute Gasteiger partial charge is 0.308 e. The molecule has 8 nitrogen and oxygen atoms in total. The van der Waals surface area contributed by atoms with Gasteiger partial charge in [0.15, 0.2) is 9.84 Å². The highest BCUT2D eigenvalue weighted by atomic mass is 35.5. The van der Waals surface area contributed by atoms with Gasteiger partial charge in [0, 0.05) is 26.2 Å². The Morgan fingerprint density at radius 2 is 1.74 bits per heavy atom. The quantitative estimate of drug-likeness (QED) is 0.249. The molecular formula is C24H24ClN3O5S2. The molecule has 4 N–H and O–H groups in total. The molecule has 0 saturated carbocycles. The van der Waals surface area contributed by atoms with Crippen molar-refractivity contribution in [3.05, 3.63) is 70.6 Å². The fourth-order valence-electron chi connectivity index (χ4n) is 4.23. The number of sulfone groups is 1. The van der Waals surface area contributed by atoms with Crippen LogP contribution in [0.1, 0.15) is 30.6 Å². The third-order valence-corrected chi connectivity index (χ3v) is 10.3. The molecule has 1 saturated heterocycles. The third-order valence-electron chi connectivity index (χ3n) is 5.97. The highest BCUT2D eigenvalue weighted by Crippen LogP contribution is 2.47. The van der Waals surface area contributed by atoms with Crippen molar-refractivity contribution >= 4 is 56.1 Å². The monoisotopic (exact) mass is 533 g/mol. The van der Waals surface area contributed by atoms with E-state index in [1.165, 1.54) is 11.3 Å². The van der Waals surface area contributed by atoms with E-state index in [0.717, 1.165) is 10.4 Å². The lowest BCUT2D eigenvalue weighted by Gasteiger charge is -2.35. The number of halogens is 1. The number of anilines is 2. The molecule has 1 aromatic heterocycles. The van der Waals surface area contributed by atoms with Crippen molar-refractivity contribution in [1.82, 2.24) is 5.48 Å². The van der Waals surface area contributed by atoms with Gasteiger partial charge in [-0.1, -0.05) is 30.2 Å². The summed E-state index contributed by atoms with van der Waals surface area (Å²) in [5, 5.41) is 15.1. The van der Waals surface area contributed by atoms with E-state index in [1.807, 2.05) is 12.1 Å². The van der Waals surface area contributed by atoms with Crippen LogP contribution in [0.2, 0.25) is 5.02 Å². The van der Waals surface area contributed by atoms with Gasteiger partial charge in [-0.25, -0.2) is 18.7 Å². The fourth-order valence-corrected chi connectivity index (χ4v) is 8.13. The van der Waals surface area contributed by atoms with Gasteiger partial charge in [0.25, 0.3) is 0 Å². The van der Waals surface area contributed by atoms with Gasteiger partial charge in [-0.2, -0.15) is 0 Å². The molecule has 1 fully saturated rings. The molecular weight excluding hydrogens is 510 g/mol. The second-order valence-electron chi connectivity index (χ2n) is 8.31. The van der Waals surface area contributed by atoms with Crippen molar-refractivity contribution in [3.63, 3.8) is 0 Å². The first-order chi connectivity index (χ1) is 16.7. The van der Waals surface area contributed by atoms with Gasteiger partial charge in [-0.3, -0.25) is 10.0 Å². The highest BCUT2D eigenvalue weighted by molar-refractivity contribution is 7.92. The van der Waals surface area contributed by atoms with Gasteiger partial charge >= 0.3 is 6.03 Å². The SMILES string of the molecule is O=C(C[C@]1(c2ccc(-c3cccc(NC(=O)Nc4ccc(Cl)cc4)c3)s2)CCCCS1(=O)=O)NO. The third kappa shape index (κ3) is 5.51. The van der Waals surface area contributed by atoms with Crippen LogP contribution in [0.4, 0.5) is 16.2 Å². The van der Waals surface area contributed by atoms with Gasteiger partial charge in [0.2, 0.25) is 5.91 Å². The largest absolute Gasteiger partial charge is 0.323 e. The Hall–Kier alpha value is -2.92. The van der Waals surface area contributed by atoms with Gasteiger partial charge in [-0.05, 0) is 66.9 Å². The van der Waals surface area contributed by atoms with Gasteiger partial charge in [0.1, 0.15) is 4.75 Å². The summed E-state index contributed by atoms with van der Waals surface area (Å²) in [6.45, 7) is 0. The Balaban J connectivity index is 1.57. The van der Waals surface area contributed by atoms with E-state index in [2.05, 4.69) is 10.6 Å². The first-order valence-electron chi connectivity index (χ1n) is 10.9. The van der Waals surface area contributed by atoms with E-state index in [0.29, 0.717) is 40.5 Å². The van der Waals surface area contributed by atoms with Crippen molar-refractivity contribution < 1.29 is 23.2 Å². The Labute approximate surface area is 212 Å². The van der Waals surface area contributed by atoms with Gasteiger partial charge in [-0.15, -0.1) is 11.3 Å². The average Bonchev–Trinajstić information content (AvgIpc) is 3.33. The molecule has 184 valence electrons. The molecule has 0 aliphatic carbocycles. The molecule has 0 radical (unpaired) electrons. The molecule has 0 unspecified atom stereocenters. The molecule has 1 atom stereocenters. The number of carbonyl (C=O) groups is 2. The first-order valence-corrected chi connectivity index (χ1v) is 13.8. The lowest BCUT2D eigenvalue weighted by molar-refractivity contribution is -0.130. The van der Waals surface area contributed by atoms with Gasteiger partial charge in [0.05, 0.1) is 12.2 Å². The van der Waals surface area contributed by atoms with Crippen LogP contribution in [-0.4, -0.2) is 31.3 Å². The zero-order valence-electron chi connectivity index (χ0n) is 18.6. The van der Waals surface area contributed by atoms with Crippen molar-refractivity contribution in [2.75, 3.05) is 16.4 Å². The van der Waals surface area contributed by atoms with Crippen molar-refractivity contribution in [1.29, 1.82) is 0 Å². The summed E-state index contributed by atoms with van der Waals surface area (Å²) in [5.41, 5.74) is 3.52. The van der Waals surface area contributed by atoms with E-state index in [9.17, 15) is 18.0 Å². The van der Waals surface area contributed by atoms with Crippen LogP contribution < -0.4 is 16.1 Å². The molecule has 0 spiro atoms. The van der Waals surface area contributed by atoms with Crippen LogP contribution in [-0.2, 0) is 19.4 Å². The number of hydroxylamine groups is 1. The molecule has 4 rings (SSSR count). The molecule has 2 aromatic carbocycles. The summed E-state index contributed by atoms with van der Waals surface area (Å²) < 4.78 is 24.9. The maximum atomic E-state index is 13.1. The topological polar surface area (TPSA) is 125 Å². The normalized spacial score (nSPS) is 19.0. The first kappa shape index (κ1) is 25.2. The number of thiophene rings is 1. The van der Waals surface area contributed by atoms with E-state index < -0.39 is 26.5 Å². The lowest BCUT2D eigenvalue weighted by atomic mass is 9.94. The molecule has 0 bridgehead atoms. The molecule has 3 aromatic rings. The van der Waals surface area contributed by atoms with Crippen LogP contribution in [0.25, 0.3) is 10.4 Å².